The number of hydrogen-bond donors (Lipinski definition) is 1. The van der Waals surface area contributed by atoms with Crippen LogP contribution in [0.3, 0.4) is 0 Å². The molecule has 3 aromatic rings. The summed E-state index contributed by atoms with van der Waals surface area (Å²) in [6, 6.07) is 12.8. The number of allylic oxidation sites excluding steroid dienone is 1. The largest absolute Gasteiger partial charge is 0.507 e. The molecule has 0 saturated carbocycles. The van der Waals surface area contributed by atoms with Gasteiger partial charge in [-0.1, -0.05) is 83.2 Å². The van der Waals surface area contributed by atoms with Crippen LogP contribution in [0.15, 0.2) is 63.5 Å². The van der Waals surface area contributed by atoms with Crippen LogP contribution in [0, 0.1) is 0 Å². The van der Waals surface area contributed by atoms with Crippen molar-refractivity contribution >= 4 is 23.4 Å². The van der Waals surface area contributed by atoms with Gasteiger partial charge in [0.15, 0.2) is 4.80 Å². The topological polar surface area (TPSA) is 80.9 Å². The number of aromatic nitrogens is 1. The van der Waals surface area contributed by atoms with Crippen LogP contribution in [0.4, 0.5) is 0 Å². The lowest BCUT2D eigenvalue weighted by atomic mass is 9.78. The monoisotopic (exact) mass is 532 g/mol. The van der Waals surface area contributed by atoms with Crippen molar-refractivity contribution in [2.24, 2.45) is 4.99 Å². The first-order valence-electron chi connectivity index (χ1n) is 12.9. The molecule has 1 atom stereocenters. The van der Waals surface area contributed by atoms with Crippen molar-refractivity contribution in [3.05, 3.63) is 95.7 Å². The van der Waals surface area contributed by atoms with Gasteiger partial charge >= 0.3 is 5.97 Å². The summed E-state index contributed by atoms with van der Waals surface area (Å²) in [4.78, 5) is 32.1. The molecular weight excluding hydrogens is 496 g/mol. The highest BCUT2D eigenvalue weighted by Gasteiger charge is 2.33. The van der Waals surface area contributed by atoms with Crippen LogP contribution in [0.5, 0.6) is 5.75 Å². The molecule has 0 bridgehead atoms. The Balaban J connectivity index is 1.99. The van der Waals surface area contributed by atoms with Gasteiger partial charge in [0.1, 0.15) is 5.75 Å². The first-order chi connectivity index (χ1) is 17.7. The van der Waals surface area contributed by atoms with Gasteiger partial charge in [0.25, 0.3) is 5.56 Å². The van der Waals surface area contributed by atoms with E-state index < -0.39 is 12.0 Å². The highest BCUT2D eigenvalue weighted by atomic mass is 32.1. The van der Waals surface area contributed by atoms with Gasteiger partial charge in [-0.2, -0.15) is 0 Å². The summed E-state index contributed by atoms with van der Waals surface area (Å²) in [6.45, 7) is 16.1. The second-order valence-electron chi connectivity index (χ2n) is 11.7. The van der Waals surface area contributed by atoms with Crippen molar-refractivity contribution in [2.45, 2.75) is 72.3 Å². The van der Waals surface area contributed by atoms with E-state index in [9.17, 15) is 14.7 Å². The molecule has 0 aliphatic carbocycles. The lowest BCUT2D eigenvalue weighted by Gasteiger charge is -2.27. The molecule has 0 radical (unpaired) electrons. The molecule has 0 unspecified atom stereocenters. The minimum Gasteiger partial charge on any atom is -0.507 e. The molecule has 1 aromatic heterocycles. The molecular formula is C31H36N2O4S. The average Bonchev–Trinajstić information content (AvgIpc) is 3.12. The normalized spacial score (nSPS) is 16.3. The van der Waals surface area contributed by atoms with E-state index in [0.717, 1.165) is 22.3 Å². The molecule has 2 aromatic carbocycles. The van der Waals surface area contributed by atoms with E-state index in [1.807, 2.05) is 48.5 Å². The molecule has 200 valence electrons. The summed E-state index contributed by atoms with van der Waals surface area (Å²) in [5.41, 5.74) is 3.40. The predicted molar refractivity (Wildman–Crippen MR) is 152 cm³/mol. The fourth-order valence-corrected chi connectivity index (χ4v) is 5.82. The number of carbonyl (C=O) groups excluding carboxylic acids is 1. The Hall–Kier alpha value is -3.45. The van der Waals surface area contributed by atoms with E-state index in [1.165, 1.54) is 11.3 Å². The fraction of sp³-hybridized carbons (Fsp3) is 0.387. The molecule has 0 amide bonds. The van der Waals surface area contributed by atoms with E-state index in [-0.39, 0.29) is 23.0 Å². The van der Waals surface area contributed by atoms with Crippen molar-refractivity contribution in [1.82, 2.24) is 4.57 Å². The van der Waals surface area contributed by atoms with Gasteiger partial charge < -0.3 is 9.84 Å². The van der Waals surface area contributed by atoms with Crippen molar-refractivity contribution in [3.8, 4) is 5.75 Å². The zero-order valence-corrected chi connectivity index (χ0v) is 24.2. The Morgan fingerprint density at radius 1 is 1.08 bits per heavy atom. The zero-order chi connectivity index (χ0) is 28.0. The molecule has 1 aliphatic heterocycles. The van der Waals surface area contributed by atoms with E-state index in [0.29, 0.717) is 26.4 Å². The average molecular weight is 533 g/mol. The maximum Gasteiger partial charge on any atom is 0.338 e. The molecule has 7 heteroatoms. The lowest BCUT2D eigenvalue weighted by molar-refractivity contribution is -0.139. The third-order valence-corrected chi connectivity index (χ3v) is 7.66. The first kappa shape index (κ1) is 27.6. The smallest absolute Gasteiger partial charge is 0.338 e. The quantitative estimate of drug-likeness (QED) is 0.474. The van der Waals surface area contributed by atoms with Crippen molar-refractivity contribution in [2.75, 3.05) is 6.61 Å². The Morgan fingerprint density at radius 2 is 1.66 bits per heavy atom. The highest BCUT2D eigenvalue weighted by Crippen LogP contribution is 2.40. The summed E-state index contributed by atoms with van der Waals surface area (Å²) in [6.07, 6.45) is 1.86. The molecule has 0 saturated heterocycles. The maximum absolute atomic E-state index is 13.9. The standard InChI is InChI=1S/C31H36N2O4S/c1-9-37-28(36)24-18(2)32-29-33(25(24)20-13-11-10-12-14-20)27(35)23(38-29)17-19-15-21(30(3,4)5)26(34)22(16-19)31(6,7)8/h10-17,25,34H,9H2,1-8H3/b23-17+/t25-/m0/s1. The minimum atomic E-state index is -0.635. The van der Waals surface area contributed by atoms with Gasteiger partial charge in [0, 0.05) is 11.1 Å². The lowest BCUT2D eigenvalue weighted by Crippen LogP contribution is -2.39. The van der Waals surface area contributed by atoms with E-state index in [1.54, 1.807) is 18.4 Å². The van der Waals surface area contributed by atoms with Crippen LogP contribution >= 0.6 is 11.3 Å². The number of ether oxygens (including phenoxy) is 1. The predicted octanol–water partition coefficient (Wildman–Crippen LogP) is 5.10. The van der Waals surface area contributed by atoms with Crippen LogP contribution in [-0.2, 0) is 20.4 Å². The van der Waals surface area contributed by atoms with Crippen LogP contribution in [0.1, 0.15) is 83.7 Å². The highest BCUT2D eigenvalue weighted by molar-refractivity contribution is 7.07. The molecule has 1 N–H and O–H groups in total. The van der Waals surface area contributed by atoms with Crippen LogP contribution in [-0.4, -0.2) is 22.2 Å². The Labute approximate surface area is 227 Å². The Bertz CT molecular complexity index is 1560. The molecule has 2 heterocycles. The number of aromatic hydroxyl groups is 1. The van der Waals surface area contributed by atoms with Crippen LogP contribution in [0.2, 0.25) is 0 Å². The van der Waals surface area contributed by atoms with Gasteiger partial charge in [-0.25, -0.2) is 9.79 Å². The Kier molecular flexibility index (Phi) is 7.28. The van der Waals surface area contributed by atoms with E-state index in [4.69, 9.17) is 4.74 Å². The third-order valence-electron chi connectivity index (χ3n) is 6.68. The van der Waals surface area contributed by atoms with Gasteiger partial charge in [-0.15, -0.1) is 0 Å². The number of carbonyl (C=O) groups is 1. The number of phenols is 1. The minimum absolute atomic E-state index is 0.223. The fourth-order valence-electron chi connectivity index (χ4n) is 4.78. The third kappa shape index (κ3) is 5.12. The molecule has 1 aliphatic rings. The second-order valence-corrected chi connectivity index (χ2v) is 12.7. The van der Waals surface area contributed by atoms with E-state index >= 15 is 0 Å². The SMILES string of the molecule is CCOC(=O)C1=C(C)N=c2s/c(=C/c3cc(C(C)(C)C)c(O)c(C(C)(C)C)c3)c(=O)n2[C@H]1c1ccccc1. The van der Waals surface area contributed by atoms with Crippen molar-refractivity contribution in [1.29, 1.82) is 0 Å². The van der Waals surface area contributed by atoms with Crippen LogP contribution in [0.25, 0.3) is 6.08 Å². The summed E-state index contributed by atoms with van der Waals surface area (Å²) in [5, 5.41) is 11.1. The van der Waals surface area contributed by atoms with Crippen LogP contribution < -0.4 is 14.9 Å². The summed E-state index contributed by atoms with van der Waals surface area (Å²) in [5.74, 6) is -0.178. The number of rotatable bonds is 4. The maximum atomic E-state index is 13.9. The molecule has 0 spiro atoms. The summed E-state index contributed by atoms with van der Waals surface area (Å²) < 4.78 is 7.47. The van der Waals surface area contributed by atoms with Gasteiger partial charge in [-0.05, 0) is 54.0 Å². The second kappa shape index (κ2) is 10.0. The number of thiazole rings is 1. The number of nitrogens with zero attached hydrogens (tertiary/aromatic N) is 2. The van der Waals surface area contributed by atoms with Gasteiger partial charge in [-0.3, -0.25) is 9.36 Å². The summed E-state index contributed by atoms with van der Waals surface area (Å²) in [7, 11) is 0. The number of hydrogen-bond acceptors (Lipinski definition) is 6. The zero-order valence-electron chi connectivity index (χ0n) is 23.4. The molecule has 4 rings (SSSR count). The summed E-state index contributed by atoms with van der Waals surface area (Å²) >= 11 is 1.30. The number of phenolic OH excluding ortho intramolecular Hbond substituents is 1. The number of benzene rings is 2. The van der Waals surface area contributed by atoms with Gasteiger partial charge in [0.05, 0.1) is 28.5 Å². The van der Waals surface area contributed by atoms with Gasteiger partial charge in [0.2, 0.25) is 0 Å². The molecule has 0 fully saturated rings. The number of fused-ring (bicyclic) bond motifs is 1. The number of esters is 1. The van der Waals surface area contributed by atoms with Crippen molar-refractivity contribution in [3.63, 3.8) is 0 Å². The first-order valence-corrected chi connectivity index (χ1v) is 13.7. The molecule has 6 nitrogen and oxygen atoms in total. The molecule has 38 heavy (non-hydrogen) atoms. The van der Waals surface area contributed by atoms with E-state index in [2.05, 4.69) is 46.5 Å². The van der Waals surface area contributed by atoms with Crippen molar-refractivity contribution < 1.29 is 14.6 Å². The Morgan fingerprint density at radius 3 is 2.18 bits per heavy atom.